The molecule has 2 rings (SSSR count). The second kappa shape index (κ2) is 3.08. The van der Waals surface area contributed by atoms with E-state index in [9.17, 15) is 5.11 Å². The third kappa shape index (κ3) is 1.52. The summed E-state index contributed by atoms with van der Waals surface area (Å²) in [5, 5.41) is 9.95. The highest BCUT2D eigenvalue weighted by Crippen LogP contribution is 2.31. The maximum atomic E-state index is 9.95. The van der Waals surface area contributed by atoms with E-state index in [1.807, 2.05) is 25.1 Å². The van der Waals surface area contributed by atoms with E-state index < -0.39 is 5.60 Å². The lowest BCUT2D eigenvalue weighted by Gasteiger charge is -2.36. The van der Waals surface area contributed by atoms with Crippen LogP contribution >= 0.6 is 15.9 Å². The van der Waals surface area contributed by atoms with E-state index in [4.69, 9.17) is 4.74 Å². The molecule has 0 radical (unpaired) electrons. The first-order valence-corrected chi connectivity index (χ1v) is 4.98. The van der Waals surface area contributed by atoms with Crippen molar-refractivity contribution in [2.24, 2.45) is 0 Å². The molecule has 0 saturated carbocycles. The van der Waals surface area contributed by atoms with Gasteiger partial charge >= 0.3 is 0 Å². The van der Waals surface area contributed by atoms with Gasteiger partial charge in [-0.3, -0.25) is 0 Å². The van der Waals surface area contributed by atoms with Crippen LogP contribution in [-0.4, -0.2) is 18.3 Å². The summed E-state index contributed by atoms with van der Waals surface area (Å²) >= 11 is 3.44. The predicted molar refractivity (Wildman–Crippen MR) is 53.6 cm³/mol. The van der Waals surface area contributed by atoms with Gasteiger partial charge in [0.25, 0.3) is 0 Å². The molecule has 0 aromatic heterocycles. The van der Waals surface area contributed by atoms with Crippen molar-refractivity contribution in [2.45, 2.75) is 12.5 Å². The van der Waals surface area contributed by atoms with Crippen LogP contribution in [0.4, 0.5) is 0 Å². The Morgan fingerprint density at radius 2 is 2.15 bits per heavy atom. The lowest BCUT2D eigenvalue weighted by molar-refractivity contribution is -0.184. The second-order valence-electron chi connectivity index (χ2n) is 3.49. The number of halogens is 1. The summed E-state index contributed by atoms with van der Waals surface area (Å²) in [6.07, 6.45) is 0. The van der Waals surface area contributed by atoms with Gasteiger partial charge in [0.15, 0.2) is 0 Å². The highest BCUT2D eigenvalue weighted by molar-refractivity contribution is 9.10. The van der Waals surface area contributed by atoms with Crippen molar-refractivity contribution in [3.8, 4) is 0 Å². The smallest absolute Gasteiger partial charge is 0.136 e. The SMILES string of the molecule is Cc1ccc(C2(O)COC2)cc1Br. The van der Waals surface area contributed by atoms with E-state index in [-0.39, 0.29) is 0 Å². The maximum Gasteiger partial charge on any atom is 0.136 e. The van der Waals surface area contributed by atoms with Crippen LogP contribution in [0.15, 0.2) is 22.7 Å². The third-order valence-electron chi connectivity index (χ3n) is 2.39. The summed E-state index contributed by atoms with van der Waals surface area (Å²) in [4.78, 5) is 0. The Morgan fingerprint density at radius 3 is 2.62 bits per heavy atom. The van der Waals surface area contributed by atoms with Crippen LogP contribution in [-0.2, 0) is 10.3 Å². The van der Waals surface area contributed by atoms with Gasteiger partial charge in [-0.25, -0.2) is 0 Å². The van der Waals surface area contributed by atoms with Gasteiger partial charge in [0.2, 0.25) is 0 Å². The minimum atomic E-state index is -0.754. The molecular weight excluding hydrogens is 232 g/mol. The van der Waals surface area contributed by atoms with Gasteiger partial charge in [0, 0.05) is 4.47 Å². The summed E-state index contributed by atoms with van der Waals surface area (Å²) in [7, 11) is 0. The van der Waals surface area contributed by atoms with Gasteiger partial charge in [-0.15, -0.1) is 0 Å². The summed E-state index contributed by atoms with van der Waals surface area (Å²) in [5.41, 5.74) is 1.35. The van der Waals surface area contributed by atoms with E-state index in [1.165, 1.54) is 5.56 Å². The summed E-state index contributed by atoms with van der Waals surface area (Å²) < 4.78 is 6.03. The zero-order valence-corrected chi connectivity index (χ0v) is 8.97. The maximum absolute atomic E-state index is 9.95. The Kier molecular flexibility index (Phi) is 2.18. The van der Waals surface area contributed by atoms with E-state index in [2.05, 4.69) is 15.9 Å². The molecule has 1 fully saturated rings. The molecule has 0 bridgehead atoms. The van der Waals surface area contributed by atoms with Gasteiger partial charge in [0.1, 0.15) is 5.60 Å². The predicted octanol–water partition coefficient (Wildman–Crippen LogP) is 1.98. The van der Waals surface area contributed by atoms with Crippen LogP contribution in [0, 0.1) is 6.92 Å². The van der Waals surface area contributed by atoms with Crippen molar-refractivity contribution >= 4 is 15.9 Å². The van der Waals surface area contributed by atoms with Crippen LogP contribution in [0.25, 0.3) is 0 Å². The van der Waals surface area contributed by atoms with Crippen molar-refractivity contribution in [3.63, 3.8) is 0 Å². The fourth-order valence-corrected chi connectivity index (χ4v) is 1.72. The molecule has 13 heavy (non-hydrogen) atoms. The Hall–Kier alpha value is -0.380. The molecule has 0 spiro atoms. The Morgan fingerprint density at radius 1 is 1.46 bits per heavy atom. The molecule has 1 aliphatic rings. The molecule has 0 aliphatic carbocycles. The first kappa shape index (κ1) is 9.19. The molecule has 2 nitrogen and oxygen atoms in total. The number of rotatable bonds is 1. The van der Waals surface area contributed by atoms with Crippen LogP contribution in [0.5, 0.6) is 0 Å². The topological polar surface area (TPSA) is 29.5 Å². The molecular formula is C10H11BrO2. The van der Waals surface area contributed by atoms with Crippen molar-refractivity contribution in [1.29, 1.82) is 0 Å². The van der Waals surface area contributed by atoms with E-state index in [1.54, 1.807) is 0 Å². The molecule has 0 atom stereocenters. The Balaban J connectivity index is 2.36. The zero-order chi connectivity index (χ0) is 9.47. The molecule has 3 heteroatoms. The molecule has 1 aromatic carbocycles. The number of ether oxygens (including phenoxy) is 1. The lowest BCUT2D eigenvalue weighted by atomic mass is 9.92. The number of hydrogen-bond donors (Lipinski definition) is 1. The van der Waals surface area contributed by atoms with E-state index in [0.29, 0.717) is 13.2 Å². The van der Waals surface area contributed by atoms with Crippen LogP contribution in [0.2, 0.25) is 0 Å². The standard InChI is InChI=1S/C10H11BrO2/c1-7-2-3-8(4-9(7)11)10(12)5-13-6-10/h2-4,12H,5-6H2,1H3. The van der Waals surface area contributed by atoms with Crippen LogP contribution in [0.1, 0.15) is 11.1 Å². The molecule has 1 N–H and O–H groups in total. The number of hydrogen-bond acceptors (Lipinski definition) is 2. The molecule has 70 valence electrons. The first-order chi connectivity index (χ1) is 6.12. The molecule has 1 aromatic rings. The molecule has 0 unspecified atom stereocenters. The molecule has 1 saturated heterocycles. The van der Waals surface area contributed by atoms with Crippen molar-refractivity contribution in [1.82, 2.24) is 0 Å². The fraction of sp³-hybridized carbons (Fsp3) is 0.400. The largest absolute Gasteiger partial charge is 0.380 e. The monoisotopic (exact) mass is 242 g/mol. The van der Waals surface area contributed by atoms with Crippen molar-refractivity contribution in [2.75, 3.05) is 13.2 Å². The third-order valence-corrected chi connectivity index (χ3v) is 3.25. The summed E-state index contributed by atoms with van der Waals surface area (Å²) in [6, 6.07) is 5.90. The van der Waals surface area contributed by atoms with Crippen LogP contribution < -0.4 is 0 Å². The highest BCUT2D eigenvalue weighted by atomic mass is 79.9. The second-order valence-corrected chi connectivity index (χ2v) is 4.34. The number of aryl methyl sites for hydroxylation is 1. The van der Waals surface area contributed by atoms with Gasteiger partial charge in [0.05, 0.1) is 13.2 Å². The van der Waals surface area contributed by atoms with Crippen molar-refractivity contribution in [3.05, 3.63) is 33.8 Å². The average molecular weight is 243 g/mol. The highest BCUT2D eigenvalue weighted by Gasteiger charge is 2.37. The first-order valence-electron chi connectivity index (χ1n) is 4.19. The number of aliphatic hydroxyl groups is 1. The minimum Gasteiger partial charge on any atom is -0.380 e. The molecule has 1 heterocycles. The van der Waals surface area contributed by atoms with Crippen LogP contribution in [0.3, 0.4) is 0 Å². The molecule has 1 aliphatic heterocycles. The molecule has 0 amide bonds. The lowest BCUT2D eigenvalue weighted by Crippen LogP contribution is -2.46. The Labute approximate surface area is 85.7 Å². The fourth-order valence-electron chi connectivity index (χ4n) is 1.34. The van der Waals surface area contributed by atoms with Gasteiger partial charge in [-0.1, -0.05) is 28.1 Å². The summed E-state index contributed by atoms with van der Waals surface area (Å²) in [5.74, 6) is 0. The van der Waals surface area contributed by atoms with Gasteiger partial charge < -0.3 is 9.84 Å². The van der Waals surface area contributed by atoms with Crippen molar-refractivity contribution < 1.29 is 9.84 Å². The minimum absolute atomic E-state index is 0.405. The van der Waals surface area contributed by atoms with Gasteiger partial charge in [-0.2, -0.15) is 0 Å². The normalized spacial score (nSPS) is 19.6. The Bertz CT molecular complexity index is 332. The zero-order valence-electron chi connectivity index (χ0n) is 7.38. The quantitative estimate of drug-likeness (QED) is 0.817. The average Bonchev–Trinajstić information content (AvgIpc) is 2.06. The number of benzene rings is 1. The van der Waals surface area contributed by atoms with Gasteiger partial charge in [-0.05, 0) is 24.1 Å². The summed E-state index contributed by atoms with van der Waals surface area (Å²) in [6.45, 7) is 2.83. The van der Waals surface area contributed by atoms with E-state index in [0.717, 1.165) is 10.0 Å². The van der Waals surface area contributed by atoms with E-state index >= 15 is 0 Å².